The summed E-state index contributed by atoms with van der Waals surface area (Å²) in [5.41, 5.74) is 0. The Morgan fingerprint density at radius 1 is 1.00 bits per heavy atom. The Morgan fingerprint density at radius 3 is 2.40 bits per heavy atom. The van der Waals surface area contributed by atoms with Crippen molar-refractivity contribution in [3.05, 3.63) is 36.5 Å². The molecule has 0 aliphatic carbocycles. The highest BCUT2D eigenvalue weighted by molar-refractivity contribution is 5.87. The fraction of sp³-hybridized carbons (Fsp3) is 0.611. The van der Waals surface area contributed by atoms with Crippen LogP contribution in [0.2, 0.25) is 0 Å². The van der Waals surface area contributed by atoms with Crippen LogP contribution in [0.1, 0.15) is 59.3 Å². The van der Waals surface area contributed by atoms with Gasteiger partial charge in [-0.25, -0.2) is 0 Å². The topological polar surface area (TPSA) is 29.1 Å². The average Bonchev–Trinajstić information content (AvgIpc) is 2.42. The molecule has 0 rings (SSSR count). The van der Waals surface area contributed by atoms with Crippen LogP contribution in [-0.2, 0) is 4.79 Å². The summed E-state index contributed by atoms with van der Waals surface area (Å²) in [6.45, 7) is 7.13. The zero-order valence-electron chi connectivity index (χ0n) is 13.4. The predicted molar refractivity (Wildman–Crippen MR) is 88.6 cm³/mol. The number of carbonyl (C=O) groups is 1. The molecule has 0 aromatic rings. The number of allylic oxidation sites excluding steroid dienone is 5. The summed E-state index contributed by atoms with van der Waals surface area (Å²) in [4.78, 5) is 11.4. The molecule has 0 aliphatic rings. The maximum atomic E-state index is 11.4. The highest BCUT2D eigenvalue weighted by Gasteiger charge is 1.95. The maximum Gasteiger partial charge on any atom is 0.243 e. The van der Waals surface area contributed by atoms with Crippen LogP contribution in [0, 0.1) is 5.92 Å². The molecular formula is C18H31NO. The minimum Gasteiger partial charge on any atom is -0.352 e. The Morgan fingerprint density at radius 2 is 1.70 bits per heavy atom. The van der Waals surface area contributed by atoms with E-state index in [9.17, 15) is 4.79 Å². The molecule has 0 unspecified atom stereocenters. The van der Waals surface area contributed by atoms with Crippen molar-refractivity contribution in [2.75, 3.05) is 6.54 Å². The third kappa shape index (κ3) is 14.7. The van der Waals surface area contributed by atoms with E-state index in [-0.39, 0.29) is 5.91 Å². The first-order valence-electron chi connectivity index (χ1n) is 7.92. The highest BCUT2D eigenvalue weighted by atomic mass is 16.1. The van der Waals surface area contributed by atoms with E-state index in [1.165, 1.54) is 25.7 Å². The Kier molecular flexibility index (Phi) is 13.2. The molecule has 0 spiro atoms. The van der Waals surface area contributed by atoms with E-state index in [0.717, 1.165) is 19.4 Å². The fourth-order valence-corrected chi connectivity index (χ4v) is 1.62. The third-order valence-electron chi connectivity index (χ3n) is 2.82. The first kappa shape index (κ1) is 18.7. The van der Waals surface area contributed by atoms with Gasteiger partial charge in [0.2, 0.25) is 5.91 Å². The Bertz CT molecular complexity index is 313. The normalized spacial score (nSPS) is 12.2. The second-order valence-electron chi connectivity index (χ2n) is 5.47. The van der Waals surface area contributed by atoms with Crippen molar-refractivity contribution in [1.29, 1.82) is 0 Å². The number of carbonyl (C=O) groups excluding carboxylic acids is 1. The van der Waals surface area contributed by atoms with Gasteiger partial charge in [0.25, 0.3) is 0 Å². The summed E-state index contributed by atoms with van der Waals surface area (Å²) in [6.07, 6.45) is 19.2. The van der Waals surface area contributed by atoms with Crippen LogP contribution in [0.25, 0.3) is 0 Å². The molecule has 0 radical (unpaired) electrons. The van der Waals surface area contributed by atoms with Gasteiger partial charge in [-0.15, -0.1) is 0 Å². The molecule has 0 bridgehead atoms. The van der Waals surface area contributed by atoms with Gasteiger partial charge in [0, 0.05) is 12.6 Å². The molecule has 0 aromatic heterocycles. The van der Waals surface area contributed by atoms with Gasteiger partial charge in [-0.05, 0) is 31.6 Å². The largest absolute Gasteiger partial charge is 0.352 e. The number of amides is 1. The second-order valence-corrected chi connectivity index (χ2v) is 5.47. The molecular weight excluding hydrogens is 246 g/mol. The zero-order valence-corrected chi connectivity index (χ0v) is 13.4. The molecule has 2 heteroatoms. The van der Waals surface area contributed by atoms with Gasteiger partial charge in [-0.2, -0.15) is 0 Å². The summed E-state index contributed by atoms with van der Waals surface area (Å²) >= 11 is 0. The van der Waals surface area contributed by atoms with Crippen LogP contribution in [-0.4, -0.2) is 12.5 Å². The van der Waals surface area contributed by atoms with Crippen LogP contribution >= 0.6 is 0 Å². The third-order valence-corrected chi connectivity index (χ3v) is 2.82. The Labute approximate surface area is 125 Å². The van der Waals surface area contributed by atoms with E-state index in [1.807, 2.05) is 6.08 Å². The van der Waals surface area contributed by atoms with Crippen molar-refractivity contribution in [2.45, 2.75) is 59.3 Å². The van der Waals surface area contributed by atoms with Crippen molar-refractivity contribution in [3.63, 3.8) is 0 Å². The van der Waals surface area contributed by atoms with Gasteiger partial charge >= 0.3 is 0 Å². The minimum absolute atomic E-state index is 0.0147. The molecule has 1 amide bonds. The average molecular weight is 277 g/mol. The first-order chi connectivity index (χ1) is 9.66. The van der Waals surface area contributed by atoms with Gasteiger partial charge in [-0.1, -0.05) is 64.0 Å². The smallest absolute Gasteiger partial charge is 0.243 e. The van der Waals surface area contributed by atoms with Crippen LogP contribution in [0.5, 0.6) is 0 Å². The van der Waals surface area contributed by atoms with E-state index < -0.39 is 0 Å². The van der Waals surface area contributed by atoms with Crippen LogP contribution in [0.15, 0.2) is 36.5 Å². The molecule has 20 heavy (non-hydrogen) atoms. The molecule has 1 N–H and O–H groups in total. The number of hydrogen-bond donors (Lipinski definition) is 1. The van der Waals surface area contributed by atoms with E-state index in [4.69, 9.17) is 0 Å². The lowest BCUT2D eigenvalue weighted by molar-refractivity contribution is -0.116. The molecule has 0 aromatic carbocycles. The monoisotopic (exact) mass is 277 g/mol. The number of rotatable bonds is 11. The molecule has 0 heterocycles. The summed E-state index contributed by atoms with van der Waals surface area (Å²) < 4.78 is 0. The number of nitrogens with one attached hydrogen (secondary N) is 1. The zero-order chi connectivity index (χ0) is 15.1. The summed E-state index contributed by atoms with van der Waals surface area (Å²) in [6, 6.07) is 0. The molecule has 0 fully saturated rings. The first-order valence-corrected chi connectivity index (χ1v) is 7.92. The van der Waals surface area contributed by atoms with Gasteiger partial charge < -0.3 is 5.32 Å². The van der Waals surface area contributed by atoms with E-state index in [1.54, 1.807) is 12.2 Å². The van der Waals surface area contributed by atoms with Crippen molar-refractivity contribution in [3.8, 4) is 0 Å². The molecule has 0 aliphatic heterocycles. The molecule has 0 atom stereocenters. The number of unbranched alkanes of at least 4 members (excludes halogenated alkanes) is 4. The van der Waals surface area contributed by atoms with Gasteiger partial charge in [0.05, 0.1) is 0 Å². The van der Waals surface area contributed by atoms with E-state index in [2.05, 4.69) is 44.3 Å². The lowest BCUT2D eigenvalue weighted by Crippen LogP contribution is -2.25. The van der Waals surface area contributed by atoms with Crippen molar-refractivity contribution in [2.24, 2.45) is 5.92 Å². The quantitative estimate of drug-likeness (QED) is 0.250. The molecule has 0 saturated carbocycles. The standard InChI is InChI=1S/C18H31NO/c1-4-5-6-7-8-9-10-11-12-13-14-15-18(20)19-16-17(2)3/h8-9,12-15,17H,4-7,10-11,16H2,1-3H3,(H,19,20)/b9-8+,13-12+,15-14+. The molecule has 2 nitrogen and oxygen atoms in total. The van der Waals surface area contributed by atoms with Gasteiger partial charge in [0.1, 0.15) is 0 Å². The summed E-state index contributed by atoms with van der Waals surface area (Å²) in [7, 11) is 0. The van der Waals surface area contributed by atoms with E-state index in [0.29, 0.717) is 5.92 Å². The Hall–Kier alpha value is -1.31. The SMILES string of the molecule is CCCCC/C=C/CC/C=C/C=C/C(=O)NCC(C)C. The van der Waals surface area contributed by atoms with E-state index >= 15 is 0 Å². The fourth-order valence-electron chi connectivity index (χ4n) is 1.62. The molecule has 114 valence electrons. The highest BCUT2D eigenvalue weighted by Crippen LogP contribution is 2.01. The second kappa shape index (κ2) is 14.1. The number of hydrogen-bond acceptors (Lipinski definition) is 1. The maximum absolute atomic E-state index is 11.4. The van der Waals surface area contributed by atoms with Gasteiger partial charge in [-0.3, -0.25) is 4.79 Å². The van der Waals surface area contributed by atoms with Crippen molar-refractivity contribution in [1.82, 2.24) is 5.32 Å². The van der Waals surface area contributed by atoms with Gasteiger partial charge in [0.15, 0.2) is 0 Å². The summed E-state index contributed by atoms with van der Waals surface area (Å²) in [5, 5.41) is 2.85. The van der Waals surface area contributed by atoms with Crippen molar-refractivity contribution < 1.29 is 4.79 Å². The van der Waals surface area contributed by atoms with Crippen LogP contribution in [0.3, 0.4) is 0 Å². The van der Waals surface area contributed by atoms with Crippen LogP contribution in [0.4, 0.5) is 0 Å². The van der Waals surface area contributed by atoms with Crippen molar-refractivity contribution >= 4 is 5.91 Å². The van der Waals surface area contributed by atoms with Crippen LogP contribution < -0.4 is 5.32 Å². The summed E-state index contributed by atoms with van der Waals surface area (Å²) in [5.74, 6) is 0.478. The Balaban J connectivity index is 3.53. The predicted octanol–water partition coefficient (Wildman–Crippen LogP) is 4.79. The minimum atomic E-state index is -0.0147. The molecule has 0 saturated heterocycles. The lowest BCUT2D eigenvalue weighted by atomic mass is 10.2. The lowest BCUT2D eigenvalue weighted by Gasteiger charge is -2.03.